The number of rotatable bonds is 1. The molecule has 1 N–H and O–H groups in total. The minimum Gasteiger partial charge on any atom is -0.379 e. The molecule has 2 rings (SSSR count). The van der Waals surface area contributed by atoms with Gasteiger partial charge >= 0.3 is 0 Å². The molecule has 0 bridgehead atoms. The minimum absolute atomic E-state index is 0.171. The fourth-order valence-corrected chi connectivity index (χ4v) is 2.06. The summed E-state index contributed by atoms with van der Waals surface area (Å²) >= 11 is 0. The molecule has 0 radical (unpaired) electrons. The first-order valence-corrected chi connectivity index (χ1v) is 5.40. The van der Waals surface area contributed by atoms with E-state index < -0.39 is 0 Å². The summed E-state index contributed by atoms with van der Waals surface area (Å²) in [6.07, 6.45) is 0. The van der Waals surface area contributed by atoms with Gasteiger partial charge < -0.3 is 10.2 Å². The Kier molecular flexibility index (Phi) is 2.55. The van der Waals surface area contributed by atoms with Crippen LogP contribution in [-0.4, -0.2) is 18.6 Å². The molecule has 15 heavy (non-hydrogen) atoms. The predicted octanol–water partition coefficient (Wildman–Crippen LogP) is 2.85. The topological polar surface area (TPSA) is 15.3 Å². The number of hydrogen-bond acceptors (Lipinski definition) is 2. The Bertz CT molecular complexity index is 363. The van der Waals surface area contributed by atoms with E-state index in [1.165, 1.54) is 6.07 Å². The number of anilines is 2. The summed E-state index contributed by atoms with van der Waals surface area (Å²) < 4.78 is 13.2. The number of nitrogens with zero attached hydrogens (tertiary/aromatic N) is 1. The van der Waals surface area contributed by atoms with Crippen molar-refractivity contribution in [2.75, 3.05) is 16.8 Å². The molecule has 1 atom stereocenters. The third-order valence-corrected chi connectivity index (χ3v) is 2.77. The summed E-state index contributed by atoms with van der Waals surface area (Å²) in [7, 11) is 0. The van der Waals surface area contributed by atoms with Crippen molar-refractivity contribution in [1.29, 1.82) is 0 Å². The van der Waals surface area contributed by atoms with Crippen LogP contribution in [0.15, 0.2) is 18.2 Å². The number of nitrogens with one attached hydrogen (secondary N) is 1. The first kappa shape index (κ1) is 10.3. The van der Waals surface area contributed by atoms with Crippen LogP contribution in [0.4, 0.5) is 15.8 Å². The van der Waals surface area contributed by atoms with Gasteiger partial charge in [-0.05, 0) is 39.0 Å². The number of halogens is 1. The third-order valence-electron chi connectivity index (χ3n) is 2.77. The Hall–Kier alpha value is -1.25. The fraction of sp³-hybridized carbons (Fsp3) is 0.500. The molecule has 0 saturated carbocycles. The molecule has 0 spiro atoms. The van der Waals surface area contributed by atoms with Crippen LogP contribution in [-0.2, 0) is 0 Å². The summed E-state index contributed by atoms with van der Waals surface area (Å²) in [6, 6.07) is 5.73. The molecular formula is C12H17FN2. The standard InChI is InChI=1S/C12H17FN2/c1-8(2)15-7-9(3)14-11-5-4-10(13)6-12(11)15/h4-6,8-9,14H,7H2,1-3H3. The second kappa shape index (κ2) is 3.72. The lowest BCUT2D eigenvalue weighted by atomic mass is 10.1. The van der Waals surface area contributed by atoms with Crippen LogP contribution in [0.2, 0.25) is 0 Å². The van der Waals surface area contributed by atoms with E-state index in [0.29, 0.717) is 12.1 Å². The third kappa shape index (κ3) is 1.91. The van der Waals surface area contributed by atoms with Gasteiger partial charge in [0, 0.05) is 18.6 Å². The molecule has 1 heterocycles. The van der Waals surface area contributed by atoms with Gasteiger partial charge in [-0.15, -0.1) is 0 Å². The monoisotopic (exact) mass is 208 g/mol. The van der Waals surface area contributed by atoms with E-state index in [9.17, 15) is 4.39 Å². The maximum absolute atomic E-state index is 13.2. The van der Waals surface area contributed by atoms with Crippen LogP contribution in [0, 0.1) is 5.82 Å². The largest absolute Gasteiger partial charge is 0.379 e. The maximum Gasteiger partial charge on any atom is 0.125 e. The first-order valence-electron chi connectivity index (χ1n) is 5.40. The maximum atomic E-state index is 13.2. The molecule has 0 aliphatic carbocycles. The van der Waals surface area contributed by atoms with Crippen LogP contribution in [0.1, 0.15) is 20.8 Å². The van der Waals surface area contributed by atoms with E-state index in [-0.39, 0.29) is 5.82 Å². The summed E-state index contributed by atoms with van der Waals surface area (Å²) in [6.45, 7) is 7.33. The second-order valence-electron chi connectivity index (χ2n) is 4.45. The molecule has 0 fully saturated rings. The van der Waals surface area contributed by atoms with Gasteiger partial charge in [-0.3, -0.25) is 0 Å². The van der Waals surface area contributed by atoms with E-state index >= 15 is 0 Å². The number of fused-ring (bicyclic) bond motifs is 1. The molecule has 82 valence electrons. The van der Waals surface area contributed by atoms with Crippen molar-refractivity contribution >= 4 is 11.4 Å². The van der Waals surface area contributed by atoms with Crippen molar-refractivity contribution in [3.05, 3.63) is 24.0 Å². The smallest absolute Gasteiger partial charge is 0.125 e. The van der Waals surface area contributed by atoms with Gasteiger partial charge in [0.15, 0.2) is 0 Å². The van der Waals surface area contributed by atoms with Gasteiger partial charge in [-0.25, -0.2) is 4.39 Å². The SMILES string of the molecule is CC1CN(C(C)C)c2cc(F)ccc2N1. The van der Waals surface area contributed by atoms with Gasteiger partial charge in [-0.2, -0.15) is 0 Å². The zero-order valence-corrected chi connectivity index (χ0v) is 9.42. The van der Waals surface area contributed by atoms with Gasteiger partial charge in [0.2, 0.25) is 0 Å². The quantitative estimate of drug-likeness (QED) is 0.763. The zero-order valence-electron chi connectivity index (χ0n) is 9.42. The molecule has 0 saturated heterocycles. The summed E-state index contributed by atoms with van der Waals surface area (Å²) in [5, 5.41) is 3.36. The van der Waals surface area contributed by atoms with Gasteiger partial charge in [0.05, 0.1) is 11.4 Å². The molecule has 1 aliphatic rings. The van der Waals surface area contributed by atoms with Crippen molar-refractivity contribution in [3.63, 3.8) is 0 Å². The van der Waals surface area contributed by atoms with Gasteiger partial charge in [0.25, 0.3) is 0 Å². The summed E-state index contributed by atoms with van der Waals surface area (Å²) in [5.74, 6) is -0.171. The average molecular weight is 208 g/mol. The fourth-order valence-electron chi connectivity index (χ4n) is 2.06. The van der Waals surface area contributed by atoms with E-state index in [1.54, 1.807) is 6.07 Å². The first-order chi connectivity index (χ1) is 7.08. The van der Waals surface area contributed by atoms with Gasteiger partial charge in [0.1, 0.15) is 5.82 Å². The van der Waals surface area contributed by atoms with Crippen molar-refractivity contribution in [1.82, 2.24) is 0 Å². The lowest BCUT2D eigenvalue weighted by molar-refractivity contribution is 0.605. The Morgan fingerprint density at radius 1 is 1.47 bits per heavy atom. The molecule has 1 unspecified atom stereocenters. The van der Waals surface area contributed by atoms with Crippen LogP contribution in [0.3, 0.4) is 0 Å². The van der Waals surface area contributed by atoms with Gasteiger partial charge in [-0.1, -0.05) is 0 Å². The Morgan fingerprint density at radius 3 is 2.87 bits per heavy atom. The van der Waals surface area contributed by atoms with Crippen LogP contribution >= 0.6 is 0 Å². The van der Waals surface area contributed by atoms with E-state index in [1.807, 2.05) is 6.07 Å². The summed E-state index contributed by atoms with van der Waals surface area (Å²) in [5.41, 5.74) is 2.01. The molecule has 1 aliphatic heterocycles. The lowest BCUT2D eigenvalue weighted by Crippen LogP contribution is -2.43. The average Bonchev–Trinajstić information content (AvgIpc) is 2.17. The molecular weight excluding hydrogens is 191 g/mol. The van der Waals surface area contributed by atoms with E-state index in [0.717, 1.165) is 17.9 Å². The lowest BCUT2D eigenvalue weighted by Gasteiger charge is -2.38. The van der Waals surface area contributed by atoms with Crippen molar-refractivity contribution in [3.8, 4) is 0 Å². The Labute approximate surface area is 90.1 Å². The Morgan fingerprint density at radius 2 is 2.20 bits per heavy atom. The van der Waals surface area contributed by atoms with Crippen LogP contribution in [0.25, 0.3) is 0 Å². The molecule has 1 aromatic rings. The zero-order chi connectivity index (χ0) is 11.0. The molecule has 3 heteroatoms. The highest BCUT2D eigenvalue weighted by Gasteiger charge is 2.23. The molecule has 2 nitrogen and oxygen atoms in total. The van der Waals surface area contributed by atoms with Crippen molar-refractivity contribution in [2.24, 2.45) is 0 Å². The minimum atomic E-state index is -0.171. The second-order valence-corrected chi connectivity index (χ2v) is 4.45. The van der Waals surface area contributed by atoms with Crippen molar-refractivity contribution in [2.45, 2.75) is 32.9 Å². The van der Waals surface area contributed by atoms with Crippen LogP contribution < -0.4 is 10.2 Å². The normalized spacial score (nSPS) is 20.1. The number of hydrogen-bond donors (Lipinski definition) is 1. The number of benzene rings is 1. The predicted molar refractivity (Wildman–Crippen MR) is 62.0 cm³/mol. The highest BCUT2D eigenvalue weighted by atomic mass is 19.1. The van der Waals surface area contributed by atoms with E-state index in [4.69, 9.17) is 0 Å². The van der Waals surface area contributed by atoms with Crippen molar-refractivity contribution < 1.29 is 4.39 Å². The Balaban J connectivity index is 2.43. The summed E-state index contributed by atoms with van der Waals surface area (Å²) in [4.78, 5) is 2.24. The molecule has 0 amide bonds. The van der Waals surface area contributed by atoms with E-state index in [2.05, 4.69) is 31.0 Å². The molecule has 0 aromatic heterocycles. The highest BCUT2D eigenvalue weighted by molar-refractivity contribution is 5.73. The molecule has 1 aromatic carbocycles. The van der Waals surface area contributed by atoms with Crippen LogP contribution in [0.5, 0.6) is 0 Å². The highest BCUT2D eigenvalue weighted by Crippen LogP contribution is 2.32.